The maximum atomic E-state index is 14.2. The summed E-state index contributed by atoms with van der Waals surface area (Å²) in [5.41, 5.74) is 4.83. The number of aromatic nitrogens is 3. The van der Waals surface area contributed by atoms with Crippen molar-refractivity contribution in [1.29, 1.82) is 0 Å². The number of hydrogen-bond acceptors (Lipinski definition) is 7. The van der Waals surface area contributed by atoms with Crippen LogP contribution in [0.15, 0.2) is 59.5 Å². The van der Waals surface area contributed by atoms with Gasteiger partial charge in [0.2, 0.25) is 11.9 Å². The van der Waals surface area contributed by atoms with Gasteiger partial charge in [-0.25, -0.2) is 4.98 Å². The lowest BCUT2D eigenvalue weighted by Gasteiger charge is -2.35. The smallest absolute Gasteiger partial charge is 0.260 e. The zero-order chi connectivity index (χ0) is 30.1. The molecule has 2 aliphatic heterocycles. The molecule has 2 aliphatic rings. The van der Waals surface area contributed by atoms with E-state index in [1.807, 2.05) is 36.1 Å². The molecule has 2 aromatic carbocycles. The lowest BCUT2D eigenvalue weighted by molar-refractivity contribution is -0.132. The fourth-order valence-electron chi connectivity index (χ4n) is 6.27. The van der Waals surface area contributed by atoms with Crippen molar-refractivity contribution >= 4 is 45.9 Å². The Balaban J connectivity index is 1.39. The number of fused-ring (bicyclic) bond motifs is 1. The first-order valence-corrected chi connectivity index (χ1v) is 15.5. The standard InChI is InChI=1S/C33H38ClN7O2/c1-4-30(42)40-13-7-8-25(21-40)41-31-23(19-27(32(41)43)26-9-5-6-10-28(26)34)20-35-33(37-31)36-24-11-12-29(22(2)18-24)39-16-14-38(3)15-17-39/h5-6,9-12,18-20,25H,4,7-8,13-17,21H2,1-3H3,(H,35,36,37). The number of rotatable bonds is 6. The van der Waals surface area contributed by atoms with Crippen LogP contribution in [0.3, 0.4) is 0 Å². The fourth-order valence-corrected chi connectivity index (χ4v) is 6.51. The number of nitrogens with one attached hydrogen (secondary N) is 1. The van der Waals surface area contributed by atoms with Gasteiger partial charge in [-0.05, 0) is 62.7 Å². The molecule has 0 radical (unpaired) electrons. The van der Waals surface area contributed by atoms with Crippen LogP contribution in [0.5, 0.6) is 0 Å². The number of pyridine rings is 1. The van der Waals surface area contributed by atoms with Crippen LogP contribution in [-0.2, 0) is 4.79 Å². The molecule has 1 amide bonds. The Morgan fingerprint density at radius 1 is 1.05 bits per heavy atom. The zero-order valence-electron chi connectivity index (χ0n) is 25.0. The Labute approximate surface area is 257 Å². The monoisotopic (exact) mass is 599 g/mol. The summed E-state index contributed by atoms with van der Waals surface area (Å²) in [7, 11) is 2.16. The lowest BCUT2D eigenvalue weighted by atomic mass is 10.0. The van der Waals surface area contributed by atoms with Gasteiger partial charge in [-0.15, -0.1) is 0 Å². The minimum absolute atomic E-state index is 0.0942. The highest BCUT2D eigenvalue weighted by molar-refractivity contribution is 6.33. The third kappa shape index (κ3) is 5.96. The molecule has 4 aromatic rings. The van der Waals surface area contributed by atoms with Crippen LogP contribution in [0.1, 0.15) is 37.8 Å². The van der Waals surface area contributed by atoms with E-state index in [-0.39, 0.29) is 17.5 Å². The Morgan fingerprint density at radius 3 is 2.58 bits per heavy atom. The maximum absolute atomic E-state index is 14.2. The SMILES string of the molecule is CCC(=O)N1CCCC(n2c(=O)c(-c3ccccc3Cl)cc3cnc(Nc4ccc(N5CCN(C)CC5)c(C)c4)nc32)C1. The minimum atomic E-state index is -0.213. The summed E-state index contributed by atoms with van der Waals surface area (Å²) in [5, 5.41) is 4.61. The van der Waals surface area contributed by atoms with E-state index in [1.165, 1.54) is 11.3 Å². The van der Waals surface area contributed by atoms with Crippen molar-refractivity contribution in [2.75, 3.05) is 56.5 Å². The maximum Gasteiger partial charge on any atom is 0.260 e. The van der Waals surface area contributed by atoms with Crippen LogP contribution < -0.4 is 15.8 Å². The van der Waals surface area contributed by atoms with E-state index >= 15 is 0 Å². The number of hydrogen-bond donors (Lipinski definition) is 1. The molecule has 1 N–H and O–H groups in total. The van der Waals surface area contributed by atoms with Gasteiger partial charge >= 0.3 is 0 Å². The molecule has 224 valence electrons. The van der Waals surface area contributed by atoms with Gasteiger partial charge in [-0.3, -0.25) is 14.2 Å². The van der Waals surface area contributed by atoms with Gasteiger partial charge in [0.05, 0.1) is 6.04 Å². The largest absolute Gasteiger partial charge is 0.369 e. The average Bonchev–Trinajstić information content (AvgIpc) is 3.01. The number of carbonyl (C=O) groups excluding carboxylic acids is 1. The molecule has 1 atom stereocenters. The molecule has 6 rings (SSSR count). The second kappa shape index (κ2) is 12.3. The Bertz CT molecular complexity index is 1710. The van der Waals surface area contributed by atoms with E-state index in [9.17, 15) is 9.59 Å². The molecule has 1 unspecified atom stereocenters. The number of carbonyl (C=O) groups is 1. The predicted molar refractivity (Wildman–Crippen MR) is 174 cm³/mol. The minimum Gasteiger partial charge on any atom is -0.369 e. The Hall–Kier alpha value is -3.95. The summed E-state index contributed by atoms with van der Waals surface area (Å²) in [5.74, 6) is 0.506. The first-order chi connectivity index (χ1) is 20.8. The number of likely N-dealkylation sites (N-methyl/N-ethyl adjacent to an activating group) is 1. The van der Waals surface area contributed by atoms with Crippen molar-refractivity contribution in [3.63, 3.8) is 0 Å². The molecular weight excluding hydrogens is 562 g/mol. The first-order valence-electron chi connectivity index (χ1n) is 15.1. The molecule has 10 heteroatoms. The number of piperazine rings is 1. The number of halogens is 1. The van der Waals surface area contributed by atoms with Crippen molar-refractivity contribution in [2.24, 2.45) is 0 Å². The number of piperidine rings is 1. The molecule has 2 fully saturated rings. The van der Waals surface area contributed by atoms with Crippen LogP contribution in [0.25, 0.3) is 22.2 Å². The first kappa shape index (κ1) is 29.1. The summed E-state index contributed by atoms with van der Waals surface area (Å²) in [6.45, 7) is 9.28. The molecule has 0 aliphatic carbocycles. The summed E-state index contributed by atoms with van der Waals surface area (Å²) in [6, 6.07) is 15.3. The van der Waals surface area contributed by atoms with Gasteiger partial charge in [0.25, 0.3) is 5.56 Å². The van der Waals surface area contributed by atoms with Crippen molar-refractivity contribution in [1.82, 2.24) is 24.3 Å². The summed E-state index contributed by atoms with van der Waals surface area (Å²) < 4.78 is 1.76. The number of benzene rings is 2. The van der Waals surface area contributed by atoms with E-state index in [2.05, 4.69) is 52.3 Å². The van der Waals surface area contributed by atoms with Crippen molar-refractivity contribution in [3.05, 3.63) is 75.7 Å². The van der Waals surface area contributed by atoms with E-state index in [0.717, 1.165) is 50.1 Å². The van der Waals surface area contributed by atoms with E-state index in [4.69, 9.17) is 16.6 Å². The van der Waals surface area contributed by atoms with Crippen molar-refractivity contribution in [2.45, 2.75) is 39.2 Å². The number of anilines is 3. The fraction of sp³-hybridized carbons (Fsp3) is 0.394. The normalized spacial score (nSPS) is 17.8. The molecule has 0 spiro atoms. The second-order valence-electron chi connectivity index (χ2n) is 11.6. The lowest BCUT2D eigenvalue weighted by Crippen LogP contribution is -2.44. The quantitative estimate of drug-likeness (QED) is 0.314. The van der Waals surface area contributed by atoms with Crippen LogP contribution in [0, 0.1) is 6.92 Å². The highest BCUT2D eigenvalue weighted by Gasteiger charge is 2.28. The summed E-state index contributed by atoms with van der Waals surface area (Å²) >= 11 is 6.55. The van der Waals surface area contributed by atoms with Gasteiger partial charge in [-0.2, -0.15) is 4.98 Å². The Kier molecular flexibility index (Phi) is 8.36. The van der Waals surface area contributed by atoms with Crippen LogP contribution in [-0.4, -0.2) is 76.6 Å². The molecule has 2 aromatic heterocycles. The van der Waals surface area contributed by atoms with Gasteiger partial charge in [0.15, 0.2) is 0 Å². The number of nitrogens with zero attached hydrogens (tertiary/aromatic N) is 6. The van der Waals surface area contributed by atoms with Crippen LogP contribution in [0.2, 0.25) is 5.02 Å². The molecular formula is C33H38ClN7O2. The van der Waals surface area contributed by atoms with Gasteiger partial charge in [0, 0.05) is 84.8 Å². The van der Waals surface area contributed by atoms with Crippen molar-refractivity contribution < 1.29 is 4.79 Å². The molecule has 9 nitrogen and oxygen atoms in total. The molecule has 0 saturated carbocycles. The Morgan fingerprint density at radius 2 is 1.84 bits per heavy atom. The third-order valence-electron chi connectivity index (χ3n) is 8.65. The topological polar surface area (TPSA) is 86.6 Å². The highest BCUT2D eigenvalue weighted by atomic mass is 35.5. The number of likely N-dealkylation sites (tertiary alicyclic amines) is 1. The predicted octanol–water partition coefficient (Wildman–Crippen LogP) is 5.49. The third-order valence-corrected chi connectivity index (χ3v) is 8.98. The van der Waals surface area contributed by atoms with Crippen molar-refractivity contribution in [3.8, 4) is 11.1 Å². The van der Waals surface area contributed by atoms with E-state index in [0.29, 0.717) is 47.3 Å². The van der Waals surface area contributed by atoms with Gasteiger partial charge in [-0.1, -0.05) is 36.7 Å². The molecule has 4 heterocycles. The average molecular weight is 600 g/mol. The van der Waals surface area contributed by atoms with Crippen LogP contribution >= 0.6 is 11.6 Å². The molecule has 43 heavy (non-hydrogen) atoms. The second-order valence-corrected chi connectivity index (χ2v) is 12.0. The highest BCUT2D eigenvalue weighted by Crippen LogP contribution is 2.31. The molecule has 0 bridgehead atoms. The summed E-state index contributed by atoms with van der Waals surface area (Å²) in [6.07, 6.45) is 3.78. The van der Waals surface area contributed by atoms with E-state index in [1.54, 1.807) is 16.8 Å². The zero-order valence-corrected chi connectivity index (χ0v) is 25.8. The number of amides is 1. The van der Waals surface area contributed by atoms with Crippen LogP contribution in [0.4, 0.5) is 17.3 Å². The van der Waals surface area contributed by atoms with Gasteiger partial charge in [0.1, 0.15) is 5.65 Å². The number of aryl methyl sites for hydroxylation is 1. The van der Waals surface area contributed by atoms with E-state index < -0.39 is 0 Å². The molecule has 2 saturated heterocycles. The summed E-state index contributed by atoms with van der Waals surface area (Å²) in [4.78, 5) is 43.0. The van der Waals surface area contributed by atoms with Gasteiger partial charge < -0.3 is 20.0 Å².